The molecule has 0 radical (unpaired) electrons. The maximum absolute atomic E-state index is 11.4. The van der Waals surface area contributed by atoms with E-state index in [1.807, 2.05) is 6.07 Å². The van der Waals surface area contributed by atoms with E-state index in [2.05, 4.69) is 25.5 Å². The van der Waals surface area contributed by atoms with Crippen molar-refractivity contribution < 1.29 is 4.79 Å². The first-order chi connectivity index (χ1) is 7.75. The monoisotopic (exact) mass is 219 g/mol. The van der Waals surface area contributed by atoms with Gasteiger partial charge in [-0.05, 0) is 12.1 Å². The maximum atomic E-state index is 11.4. The lowest BCUT2D eigenvalue weighted by atomic mass is 10.3. The lowest BCUT2D eigenvalue weighted by molar-refractivity contribution is 0.0940. The van der Waals surface area contributed by atoms with Crippen LogP contribution in [0.5, 0.6) is 0 Å². The van der Waals surface area contributed by atoms with E-state index in [1.165, 1.54) is 0 Å². The molecule has 0 aliphatic heterocycles. The molecule has 1 amide bonds. The number of amides is 1. The Morgan fingerprint density at radius 1 is 1.44 bits per heavy atom. The molecule has 82 valence electrons. The van der Waals surface area contributed by atoms with E-state index in [9.17, 15) is 9.59 Å². The van der Waals surface area contributed by atoms with Gasteiger partial charge < -0.3 is 5.32 Å². The van der Waals surface area contributed by atoms with Crippen molar-refractivity contribution in [2.45, 2.75) is 6.54 Å². The van der Waals surface area contributed by atoms with Crippen LogP contribution >= 0.6 is 0 Å². The maximum Gasteiger partial charge on any atom is 0.341 e. The Hall–Kier alpha value is -2.44. The van der Waals surface area contributed by atoms with E-state index >= 15 is 0 Å². The molecule has 0 saturated heterocycles. The number of carbonyl (C=O) groups excluding carboxylic acids is 1. The van der Waals surface area contributed by atoms with Crippen LogP contribution in [0.15, 0.2) is 29.2 Å². The van der Waals surface area contributed by atoms with Gasteiger partial charge in [0.1, 0.15) is 0 Å². The van der Waals surface area contributed by atoms with Crippen LogP contribution in [0.1, 0.15) is 16.3 Å². The molecule has 0 bridgehead atoms. The summed E-state index contributed by atoms with van der Waals surface area (Å²) in [6, 6.07) is 5.40. The Bertz CT molecular complexity index is 530. The zero-order valence-corrected chi connectivity index (χ0v) is 8.23. The second kappa shape index (κ2) is 4.39. The summed E-state index contributed by atoms with van der Waals surface area (Å²) in [5, 5.41) is 8.19. The van der Waals surface area contributed by atoms with Gasteiger partial charge in [-0.2, -0.15) is 0 Å². The molecule has 2 heterocycles. The van der Waals surface area contributed by atoms with Crippen LogP contribution in [-0.4, -0.2) is 26.1 Å². The topological polar surface area (TPSA) is 104 Å². The van der Waals surface area contributed by atoms with Crippen molar-refractivity contribution in [2.24, 2.45) is 0 Å². The summed E-state index contributed by atoms with van der Waals surface area (Å²) >= 11 is 0. The summed E-state index contributed by atoms with van der Waals surface area (Å²) in [4.78, 5) is 28.4. The third-order valence-electron chi connectivity index (χ3n) is 1.87. The molecule has 2 rings (SSSR count). The van der Waals surface area contributed by atoms with Crippen molar-refractivity contribution >= 4 is 5.91 Å². The average molecular weight is 219 g/mol. The molecule has 7 heteroatoms. The van der Waals surface area contributed by atoms with Crippen molar-refractivity contribution in [1.29, 1.82) is 0 Å². The third-order valence-corrected chi connectivity index (χ3v) is 1.87. The lowest BCUT2D eigenvalue weighted by Gasteiger charge is -2.01. The number of pyridine rings is 1. The zero-order valence-electron chi connectivity index (χ0n) is 8.23. The molecule has 3 N–H and O–H groups in total. The molecule has 7 nitrogen and oxygen atoms in total. The molecule has 0 aromatic carbocycles. The summed E-state index contributed by atoms with van der Waals surface area (Å²) in [7, 11) is 0. The number of nitrogens with one attached hydrogen (secondary N) is 3. The SMILES string of the molecule is O=C(NCc1ccccn1)c1n[nH]c(=O)[nH]1. The zero-order chi connectivity index (χ0) is 11.4. The Balaban J connectivity index is 1.97. The van der Waals surface area contributed by atoms with Crippen LogP contribution in [0.4, 0.5) is 0 Å². The number of rotatable bonds is 3. The fraction of sp³-hybridized carbons (Fsp3) is 0.111. The van der Waals surface area contributed by atoms with Gasteiger partial charge in [0.25, 0.3) is 5.91 Å². The van der Waals surface area contributed by atoms with E-state index in [0.717, 1.165) is 5.69 Å². The summed E-state index contributed by atoms with van der Waals surface area (Å²) in [5.41, 5.74) is 0.219. The Kier molecular flexibility index (Phi) is 2.77. The largest absolute Gasteiger partial charge is 0.344 e. The van der Waals surface area contributed by atoms with Crippen LogP contribution in [0.3, 0.4) is 0 Å². The fourth-order valence-electron chi connectivity index (χ4n) is 1.13. The number of nitrogens with zero attached hydrogens (tertiary/aromatic N) is 2. The van der Waals surface area contributed by atoms with Crippen LogP contribution in [-0.2, 0) is 6.54 Å². The van der Waals surface area contributed by atoms with Gasteiger partial charge in [-0.15, -0.1) is 5.10 Å². The number of aromatic amines is 2. The third kappa shape index (κ3) is 2.32. The molecule has 0 unspecified atom stereocenters. The minimum Gasteiger partial charge on any atom is -0.344 e. The van der Waals surface area contributed by atoms with Gasteiger partial charge in [-0.1, -0.05) is 6.07 Å². The van der Waals surface area contributed by atoms with E-state index < -0.39 is 11.6 Å². The number of hydrogen-bond donors (Lipinski definition) is 3. The highest BCUT2D eigenvalue weighted by atomic mass is 16.2. The lowest BCUT2D eigenvalue weighted by Crippen LogP contribution is -2.24. The molecule has 0 atom stereocenters. The fourth-order valence-corrected chi connectivity index (χ4v) is 1.13. The predicted octanol–water partition coefficient (Wildman–Crippen LogP) is -0.577. The van der Waals surface area contributed by atoms with Gasteiger partial charge in [0.05, 0.1) is 12.2 Å². The van der Waals surface area contributed by atoms with Crippen molar-refractivity contribution in [3.63, 3.8) is 0 Å². The second-order valence-electron chi connectivity index (χ2n) is 3.03. The van der Waals surface area contributed by atoms with Gasteiger partial charge in [0.15, 0.2) is 0 Å². The van der Waals surface area contributed by atoms with Crippen molar-refractivity contribution in [2.75, 3.05) is 0 Å². The molecular formula is C9H9N5O2. The van der Waals surface area contributed by atoms with E-state index in [0.29, 0.717) is 0 Å². The van der Waals surface area contributed by atoms with Crippen molar-refractivity contribution in [3.05, 3.63) is 46.4 Å². The van der Waals surface area contributed by atoms with Gasteiger partial charge >= 0.3 is 5.69 Å². The Labute approximate surface area is 89.9 Å². The summed E-state index contributed by atoms with van der Waals surface area (Å²) in [6.07, 6.45) is 1.64. The smallest absolute Gasteiger partial charge is 0.341 e. The first-order valence-corrected chi connectivity index (χ1v) is 4.58. The van der Waals surface area contributed by atoms with Crippen LogP contribution in [0.2, 0.25) is 0 Å². The molecular weight excluding hydrogens is 210 g/mol. The van der Waals surface area contributed by atoms with Crippen molar-refractivity contribution in [1.82, 2.24) is 25.5 Å². The van der Waals surface area contributed by atoms with Crippen LogP contribution < -0.4 is 11.0 Å². The second-order valence-corrected chi connectivity index (χ2v) is 3.03. The summed E-state index contributed by atoms with van der Waals surface area (Å²) in [6.45, 7) is 0.286. The van der Waals surface area contributed by atoms with E-state index in [-0.39, 0.29) is 12.4 Å². The first kappa shape index (κ1) is 10.1. The molecule has 0 aliphatic rings. The van der Waals surface area contributed by atoms with Gasteiger partial charge in [0.2, 0.25) is 5.82 Å². The number of carbonyl (C=O) groups is 1. The molecule has 0 fully saturated rings. The van der Waals surface area contributed by atoms with E-state index in [4.69, 9.17) is 0 Å². The standard InChI is InChI=1S/C9H9N5O2/c15-8(7-12-9(16)14-13-7)11-5-6-3-1-2-4-10-6/h1-4H,5H2,(H,11,15)(H2,12,13,14,16). The molecule has 16 heavy (non-hydrogen) atoms. The Morgan fingerprint density at radius 2 is 2.31 bits per heavy atom. The molecule has 0 spiro atoms. The predicted molar refractivity (Wildman–Crippen MR) is 54.6 cm³/mol. The molecule has 2 aromatic rings. The Morgan fingerprint density at radius 3 is 2.94 bits per heavy atom. The minimum atomic E-state index is -0.511. The first-order valence-electron chi connectivity index (χ1n) is 4.58. The molecule has 0 saturated carbocycles. The van der Waals surface area contributed by atoms with Gasteiger partial charge in [-0.25, -0.2) is 9.89 Å². The van der Waals surface area contributed by atoms with Crippen molar-refractivity contribution in [3.8, 4) is 0 Å². The quantitative estimate of drug-likeness (QED) is 0.642. The van der Waals surface area contributed by atoms with E-state index in [1.54, 1.807) is 18.3 Å². The van der Waals surface area contributed by atoms with Crippen LogP contribution in [0.25, 0.3) is 0 Å². The highest BCUT2D eigenvalue weighted by Gasteiger charge is 2.08. The number of aromatic nitrogens is 4. The van der Waals surface area contributed by atoms with Gasteiger partial charge in [0, 0.05) is 6.20 Å². The summed E-state index contributed by atoms with van der Waals surface area (Å²) in [5.74, 6) is -0.495. The molecule has 0 aliphatic carbocycles. The van der Waals surface area contributed by atoms with Crippen LogP contribution in [0, 0.1) is 0 Å². The highest BCUT2D eigenvalue weighted by Crippen LogP contribution is 1.92. The van der Waals surface area contributed by atoms with Gasteiger partial charge in [-0.3, -0.25) is 14.8 Å². The number of hydrogen-bond acceptors (Lipinski definition) is 4. The molecule has 2 aromatic heterocycles. The average Bonchev–Trinajstić information content (AvgIpc) is 2.74. The minimum absolute atomic E-state index is 0.0408. The normalized spacial score (nSPS) is 10.0. The highest BCUT2D eigenvalue weighted by molar-refractivity contribution is 5.90. The number of H-pyrrole nitrogens is 2. The summed E-state index contributed by atoms with van der Waals surface area (Å²) < 4.78 is 0.